The van der Waals surface area contributed by atoms with Crippen LogP contribution in [0, 0.1) is 0 Å². The van der Waals surface area contributed by atoms with Gasteiger partial charge in [0.05, 0.1) is 0 Å². The zero-order valence-corrected chi connectivity index (χ0v) is 15.5. The molecule has 138 valence electrons. The Hall–Kier alpha value is -2.62. The molecule has 1 heterocycles. The summed E-state index contributed by atoms with van der Waals surface area (Å²) in [6.45, 7) is 3.45. The minimum atomic E-state index is 0.151. The monoisotopic (exact) mass is 358 g/mol. The van der Waals surface area contributed by atoms with Crippen molar-refractivity contribution in [2.24, 2.45) is 5.73 Å². The van der Waals surface area contributed by atoms with E-state index in [9.17, 15) is 0 Å². The van der Waals surface area contributed by atoms with Crippen molar-refractivity contribution >= 4 is 0 Å². The summed E-state index contributed by atoms with van der Waals surface area (Å²) in [5.74, 6) is 1.25. The van der Waals surface area contributed by atoms with Crippen LogP contribution in [0.15, 0.2) is 84.9 Å². The number of ether oxygens (including phenoxy) is 1. The maximum absolute atomic E-state index is 6.49. The van der Waals surface area contributed by atoms with Gasteiger partial charge in [0.1, 0.15) is 12.4 Å². The highest BCUT2D eigenvalue weighted by Crippen LogP contribution is 2.30. The molecule has 0 saturated carbocycles. The summed E-state index contributed by atoms with van der Waals surface area (Å²) in [5, 5.41) is 0. The second-order valence-corrected chi connectivity index (χ2v) is 7.30. The number of hydrogen-bond donors (Lipinski definition) is 1. The molecule has 4 rings (SSSR count). The molecule has 0 aliphatic carbocycles. The molecule has 2 atom stereocenters. The normalized spacial score (nSPS) is 19.9. The Morgan fingerprint density at radius 1 is 0.815 bits per heavy atom. The van der Waals surface area contributed by atoms with Crippen molar-refractivity contribution in [2.45, 2.75) is 25.1 Å². The predicted octanol–water partition coefficient (Wildman–Crippen LogP) is 4.19. The van der Waals surface area contributed by atoms with E-state index in [-0.39, 0.29) is 6.04 Å². The molecule has 1 saturated heterocycles. The number of nitrogens with zero attached hydrogens (tertiary/aromatic N) is 1. The van der Waals surface area contributed by atoms with Crippen LogP contribution in [0.4, 0.5) is 0 Å². The smallest absolute Gasteiger partial charge is 0.120 e. The first kappa shape index (κ1) is 17.8. The van der Waals surface area contributed by atoms with Crippen LogP contribution in [0.2, 0.25) is 0 Å². The van der Waals surface area contributed by atoms with E-state index in [0.717, 1.165) is 25.4 Å². The van der Waals surface area contributed by atoms with Gasteiger partial charge in [0.2, 0.25) is 0 Å². The minimum Gasteiger partial charge on any atom is -0.489 e. The Bertz CT molecular complexity index is 851. The van der Waals surface area contributed by atoms with Gasteiger partial charge >= 0.3 is 0 Å². The highest BCUT2D eigenvalue weighted by molar-refractivity contribution is 5.33. The van der Waals surface area contributed by atoms with Crippen LogP contribution in [0.3, 0.4) is 0 Å². The zero-order valence-electron chi connectivity index (χ0n) is 15.5. The Balaban J connectivity index is 1.40. The number of nitrogens with two attached hydrogens (primary N) is 1. The maximum Gasteiger partial charge on any atom is 0.120 e. The van der Waals surface area contributed by atoms with Gasteiger partial charge in [-0.1, -0.05) is 72.8 Å². The second kappa shape index (κ2) is 8.38. The van der Waals surface area contributed by atoms with E-state index in [2.05, 4.69) is 65.6 Å². The van der Waals surface area contributed by atoms with Crippen LogP contribution in [0.5, 0.6) is 5.75 Å². The van der Waals surface area contributed by atoms with Crippen LogP contribution >= 0.6 is 0 Å². The maximum atomic E-state index is 6.49. The van der Waals surface area contributed by atoms with Crippen molar-refractivity contribution in [1.29, 1.82) is 0 Å². The summed E-state index contributed by atoms with van der Waals surface area (Å²) in [4.78, 5) is 2.45. The van der Waals surface area contributed by atoms with Crippen molar-refractivity contribution in [1.82, 2.24) is 4.90 Å². The first-order valence-corrected chi connectivity index (χ1v) is 9.56. The average molecular weight is 358 g/mol. The lowest BCUT2D eigenvalue weighted by atomic mass is 9.95. The number of likely N-dealkylation sites (tertiary alicyclic amines) is 1. The molecule has 0 amide bonds. The lowest BCUT2D eigenvalue weighted by Gasteiger charge is -2.17. The van der Waals surface area contributed by atoms with Gasteiger partial charge in [-0.25, -0.2) is 0 Å². The molecule has 3 aromatic rings. The van der Waals surface area contributed by atoms with Crippen LogP contribution < -0.4 is 10.5 Å². The van der Waals surface area contributed by atoms with Gasteiger partial charge in [0.15, 0.2) is 0 Å². The van der Waals surface area contributed by atoms with Crippen molar-refractivity contribution in [3.8, 4) is 5.75 Å². The Morgan fingerprint density at radius 2 is 1.52 bits per heavy atom. The third-order valence-corrected chi connectivity index (χ3v) is 5.22. The third-order valence-electron chi connectivity index (χ3n) is 5.22. The Kier molecular flexibility index (Phi) is 5.52. The second-order valence-electron chi connectivity index (χ2n) is 7.30. The molecule has 1 aliphatic rings. The molecule has 3 heteroatoms. The van der Waals surface area contributed by atoms with Crippen molar-refractivity contribution < 1.29 is 4.74 Å². The van der Waals surface area contributed by atoms with E-state index >= 15 is 0 Å². The standard InChI is InChI=1S/C24H26N2O/c25-24-17-26(15-19-8-3-1-4-9-19)16-23(24)21-12-7-13-22(14-21)27-18-20-10-5-2-6-11-20/h1-14,23-24H,15-18,25H2/t23-,24+/m0/s1. The quantitative estimate of drug-likeness (QED) is 0.718. The zero-order chi connectivity index (χ0) is 18.5. The topological polar surface area (TPSA) is 38.5 Å². The number of benzene rings is 3. The number of hydrogen-bond acceptors (Lipinski definition) is 3. The molecule has 0 bridgehead atoms. The van der Waals surface area contributed by atoms with Crippen LogP contribution in [-0.2, 0) is 13.2 Å². The van der Waals surface area contributed by atoms with Gasteiger partial charge < -0.3 is 10.5 Å². The first-order chi connectivity index (χ1) is 13.3. The van der Waals surface area contributed by atoms with Gasteiger partial charge in [-0.05, 0) is 28.8 Å². The summed E-state index contributed by atoms with van der Waals surface area (Å²) in [7, 11) is 0. The minimum absolute atomic E-state index is 0.151. The third kappa shape index (κ3) is 4.57. The summed E-state index contributed by atoms with van der Waals surface area (Å²) in [5.41, 5.74) is 10.3. The van der Waals surface area contributed by atoms with Gasteiger partial charge in [-0.2, -0.15) is 0 Å². The molecule has 0 unspecified atom stereocenters. The van der Waals surface area contributed by atoms with E-state index in [4.69, 9.17) is 10.5 Å². The van der Waals surface area contributed by atoms with Gasteiger partial charge in [-0.15, -0.1) is 0 Å². The fourth-order valence-corrected chi connectivity index (χ4v) is 3.81. The van der Waals surface area contributed by atoms with E-state index < -0.39 is 0 Å². The van der Waals surface area contributed by atoms with E-state index in [1.54, 1.807) is 0 Å². The van der Waals surface area contributed by atoms with Crippen LogP contribution in [0.25, 0.3) is 0 Å². The fourth-order valence-electron chi connectivity index (χ4n) is 3.81. The van der Waals surface area contributed by atoms with Gasteiger partial charge in [0, 0.05) is 31.6 Å². The van der Waals surface area contributed by atoms with E-state index in [1.165, 1.54) is 16.7 Å². The van der Waals surface area contributed by atoms with Crippen LogP contribution in [-0.4, -0.2) is 24.0 Å². The number of rotatable bonds is 6. The summed E-state index contributed by atoms with van der Waals surface area (Å²) in [6.07, 6.45) is 0. The van der Waals surface area contributed by atoms with Gasteiger partial charge in [0.25, 0.3) is 0 Å². The van der Waals surface area contributed by atoms with Crippen LogP contribution in [0.1, 0.15) is 22.6 Å². The Labute approximate surface area is 161 Å². The van der Waals surface area contributed by atoms with E-state index in [1.807, 2.05) is 24.3 Å². The fraction of sp³-hybridized carbons (Fsp3) is 0.250. The van der Waals surface area contributed by atoms with Crippen molar-refractivity contribution in [2.75, 3.05) is 13.1 Å². The molecule has 3 aromatic carbocycles. The summed E-state index contributed by atoms with van der Waals surface area (Å²) >= 11 is 0. The molecule has 0 radical (unpaired) electrons. The average Bonchev–Trinajstić information content (AvgIpc) is 3.08. The van der Waals surface area contributed by atoms with Gasteiger partial charge in [-0.3, -0.25) is 4.90 Å². The van der Waals surface area contributed by atoms with Crippen molar-refractivity contribution in [3.05, 3.63) is 102 Å². The van der Waals surface area contributed by atoms with E-state index in [0.29, 0.717) is 12.5 Å². The highest BCUT2D eigenvalue weighted by atomic mass is 16.5. The largest absolute Gasteiger partial charge is 0.489 e. The highest BCUT2D eigenvalue weighted by Gasteiger charge is 2.31. The molecule has 0 spiro atoms. The molecule has 1 fully saturated rings. The molecular formula is C24H26N2O. The Morgan fingerprint density at radius 3 is 2.26 bits per heavy atom. The first-order valence-electron chi connectivity index (χ1n) is 9.56. The SMILES string of the molecule is N[C@@H]1CN(Cc2ccccc2)C[C@H]1c1cccc(OCc2ccccc2)c1. The lowest BCUT2D eigenvalue weighted by Crippen LogP contribution is -2.28. The molecule has 2 N–H and O–H groups in total. The van der Waals surface area contributed by atoms with Crippen molar-refractivity contribution in [3.63, 3.8) is 0 Å². The molecule has 1 aliphatic heterocycles. The summed E-state index contributed by atoms with van der Waals surface area (Å²) in [6, 6.07) is 29.4. The molecule has 0 aromatic heterocycles. The molecule has 3 nitrogen and oxygen atoms in total. The molecular weight excluding hydrogens is 332 g/mol. The lowest BCUT2D eigenvalue weighted by molar-refractivity contribution is 0.305. The summed E-state index contributed by atoms with van der Waals surface area (Å²) < 4.78 is 6.00. The predicted molar refractivity (Wildman–Crippen MR) is 110 cm³/mol. The molecule has 27 heavy (non-hydrogen) atoms.